The highest BCUT2D eigenvalue weighted by Crippen LogP contribution is 2.40. The van der Waals surface area contributed by atoms with Crippen LogP contribution in [-0.2, 0) is 13.6 Å². The highest BCUT2D eigenvalue weighted by molar-refractivity contribution is 5.98. The number of nitrogens with two attached hydrogens (primary N) is 1. The highest BCUT2D eigenvalue weighted by atomic mass is 19.1. The maximum Gasteiger partial charge on any atom is 0.272 e. The molecule has 0 atom stereocenters. The first-order valence-electron chi connectivity index (χ1n) is 10.6. The zero-order valence-corrected chi connectivity index (χ0v) is 18.8. The fourth-order valence-electron chi connectivity index (χ4n) is 4.42. The summed E-state index contributed by atoms with van der Waals surface area (Å²) in [6, 6.07) is 9.28. The van der Waals surface area contributed by atoms with Crippen molar-refractivity contribution in [2.45, 2.75) is 20.4 Å². The molecular formula is C25H20FN7O. The molecule has 3 heterocycles. The van der Waals surface area contributed by atoms with Gasteiger partial charge in [-0.05, 0) is 43.2 Å². The Kier molecular flexibility index (Phi) is 4.96. The first-order valence-corrected chi connectivity index (χ1v) is 10.6. The molecule has 0 unspecified atom stereocenters. The number of nitrogens with zero attached hydrogens (tertiary/aromatic N) is 5. The molecule has 5 aromatic rings. The molecule has 3 N–H and O–H groups in total. The first-order chi connectivity index (χ1) is 16.3. The van der Waals surface area contributed by atoms with E-state index in [0.717, 1.165) is 5.56 Å². The topological polar surface area (TPSA) is 126 Å². The highest BCUT2D eigenvalue weighted by Gasteiger charge is 2.25. The van der Waals surface area contributed by atoms with Gasteiger partial charge in [-0.1, -0.05) is 6.07 Å². The minimum absolute atomic E-state index is 0.139. The predicted octanol–water partition coefficient (Wildman–Crippen LogP) is 3.63. The fraction of sp³-hybridized carbons (Fsp3) is 0.160. The SMILES string of the molecule is Cc1cnc2c(C)c(F)c(-c3c(-c4ccc5c(=O)[nH]nc(CN)c5c4)cnn3C)c(C#N)c2c1. The maximum absolute atomic E-state index is 15.8. The van der Waals surface area contributed by atoms with Crippen molar-refractivity contribution in [3.05, 3.63) is 75.2 Å². The van der Waals surface area contributed by atoms with E-state index in [4.69, 9.17) is 5.73 Å². The summed E-state index contributed by atoms with van der Waals surface area (Å²) in [6.45, 7) is 3.67. The van der Waals surface area contributed by atoms with Crippen LogP contribution in [0, 0.1) is 31.0 Å². The van der Waals surface area contributed by atoms with Gasteiger partial charge in [-0.3, -0.25) is 14.5 Å². The van der Waals surface area contributed by atoms with Crippen molar-refractivity contribution in [2.24, 2.45) is 12.8 Å². The first kappa shape index (κ1) is 21.4. The number of aryl methyl sites for hydroxylation is 3. The Bertz CT molecular complexity index is 1730. The molecule has 0 fully saturated rings. The third kappa shape index (κ3) is 3.08. The average molecular weight is 453 g/mol. The van der Waals surface area contributed by atoms with Crippen LogP contribution < -0.4 is 11.3 Å². The van der Waals surface area contributed by atoms with Gasteiger partial charge in [-0.15, -0.1) is 0 Å². The van der Waals surface area contributed by atoms with Crippen LogP contribution in [0.3, 0.4) is 0 Å². The van der Waals surface area contributed by atoms with Gasteiger partial charge >= 0.3 is 0 Å². The lowest BCUT2D eigenvalue weighted by molar-refractivity contribution is 0.620. The smallest absolute Gasteiger partial charge is 0.272 e. The third-order valence-electron chi connectivity index (χ3n) is 6.11. The van der Waals surface area contributed by atoms with Crippen molar-refractivity contribution in [2.75, 3.05) is 0 Å². The van der Waals surface area contributed by atoms with Crippen molar-refractivity contribution in [1.29, 1.82) is 5.26 Å². The number of benzene rings is 2. The molecule has 0 saturated heterocycles. The van der Waals surface area contributed by atoms with E-state index >= 15 is 4.39 Å². The molecule has 0 bridgehead atoms. The van der Waals surface area contributed by atoms with Crippen LogP contribution in [0.5, 0.6) is 0 Å². The van der Waals surface area contributed by atoms with Crippen LogP contribution in [-0.4, -0.2) is 25.0 Å². The monoisotopic (exact) mass is 453 g/mol. The van der Waals surface area contributed by atoms with E-state index in [1.807, 2.05) is 13.0 Å². The molecule has 2 aromatic carbocycles. The Morgan fingerprint density at radius 1 is 1.18 bits per heavy atom. The largest absolute Gasteiger partial charge is 0.325 e. The van der Waals surface area contributed by atoms with Gasteiger partial charge in [0.25, 0.3) is 5.56 Å². The van der Waals surface area contributed by atoms with Crippen LogP contribution in [0.15, 0.2) is 41.5 Å². The van der Waals surface area contributed by atoms with Crippen LogP contribution in [0.1, 0.15) is 22.4 Å². The zero-order chi connectivity index (χ0) is 24.1. The lowest BCUT2D eigenvalue weighted by atomic mass is 9.91. The summed E-state index contributed by atoms with van der Waals surface area (Å²) in [5.74, 6) is -0.521. The molecule has 0 aliphatic heterocycles. The number of hydrogen-bond donors (Lipinski definition) is 2. The molecule has 0 saturated carbocycles. The summed E-state index contributed by atoms with van der Waals surface area (Å²) in [4.78, 5) is 16.6. The Balaban J connectivity index is 1.86. The van der Waals surface area contributed by atoms with Crippen molar-refractivity contribution >= 4 is 21.7 Å². The summed E-state index contributed by atoms with van der Waals surface area (Å²) >= 11 is 0. The maximum atomic E-state index is 15.8. The fourth-order valence-corrected chi connectivity index (χ4v) is 4.42. The number of rotatable bonds is 3. The molecular weight excluding hydrogens is 433 g/mol. The number of hydrogen-bond acceptors (Lipinski definition) is 6. The summed E-state index contributed by atoms with van der Waals surface area (Å²) in [6.07, 6.45) is 3.28. The standard InChI is InChI=1S/C25H20FN7O/c1-12-6-17-18(8-27)21(22(26)13(2)23(17)29-10-12)24-19(11-30-33(24)3)14-4-5-15-16(7-14)20(9-28)31-32-25(15)34/h4-7,10-11H,9,28H2,1-3H3,(H,32,34). The van der Waals surface area contributed by atoms with Gasteiger partial charge < -0.3 is 5.73 Å². The van der Waals surface area contributed by atoms with E-state index in [-0.39, 0.29) is 23.2 Å². The van der Waals surface area contributed by atoms with Gasteiger partial charge in [0, 0.05) is 41.7 Å². The van der Waals surface area contributed by atoms with Crippen LogP contribution in [0.25, 0.3) is 44.1 Å². The van der Waals surface area contributed by atoms with Gasteiger partial charge in [0.1, 0.15) is 11.9 Å². The summed E-state index contributed by atoms with van der Waals surface area (Å²) in [7, 11) is 1.70. The van der Waals surface area contributed by atoms with Gasteiger partial charge in [0.15, 0.2) is 0 Å². The van der Waals surface area contributed by atoms with Gasteiger partial charge in [-0.25, -0.2) is 9.49 Å². The second-order valence-electron chi connectivity index (χ2n) is 8.20. The van der Waals surface area contributed by atoms with Gasteiger partial charge in [-0.2, -0.15) is 15.5 Å². The molecule has 5 rings (SSSR count). The Morgan fingerprint density at radius 2 is 1.97 bits per heavy atom. The molecule has 0 aliphatic rings. The Morgan fingerprint density at radius 3 is 2.71 bits per heavy atom. The van der Waals surface area contributed by atoms with E-state index < -0.39 is 5.82 Å². The van der Waals surface area contributed by atoms with E-state index in [1.54, 1.807) is 49.2 Å². The molecule has 0 amide bonds. The Labute approximate surface area is 193 Å². The van der Waals surface area contributed by atoms with Crippen LogP contribution in [0.4, 0.5) is 4.39 Å². The van der Waals surface area contributed by atoms with Gasteiger partial charge in [0.05, 0.1) is 39.6 Å². The molecule has 34 heavy (non-hydrogen) atoms. The van der Waals surface area contributed by atoms with Crippen molar-refractivity contribution in [3.8, 4) is 28.5 Å². The predicted molar refractivity (Wildman–Crippen MR) is 127 cm³/mol. The van der Waals surface area contributed by atoms with Gasteiger partial charge in [0.2, 0.25) is 0 Å². The number of aromatic amines is 1. The van der Waals surface area contributed by atoms with E-state index in [2.05, 4.69) is 26.3 Å². The third-order valence-corrected chi connectivity index (χ3v) is 6.11. The summed E-state index contributed by atoms with van der Waals surface area (Å²) in [5.41, 5.74) is 9.84. The number of fused-ring (bicyclic) bond motifs is 2. The zero-order valence-electron chi connectivity index (χ0n) is 18.8. The number of aromatic nitrogens is 5. The lowest BCUT2D eigenvalue weighted by Gasteiger charge is -2.15. The van der Waals surface area contributed by atoms with E-state index in [9.17, 15) is 10.1 Å². The van der Waals surface area contributed by atoms with Crippen LogP contribution >= 0.6 is 0 Å². The summed E-state index contributed by atoms with van der Waals surface area (Å²) < 4.78 is 17.4. The van der Waals surface area contributed by atoms with Crippen molar-refractivity contribution < 1.29 is 4.39 Å². The molecule has 0 spiro atoms. The molecule has 8 nitrogen and oxygen atoms in total. The number of halogens is 1. The normalized spacial score (nSPS) is 11.3. The molecule has 9 heteroatoms. The minimum Gasteiger partial charge on any atom is -0.325 e. The second kappa shape index (κ2) is 7.86. The molecule has 0 aliphatic carbocycles. The minimum atomic E-state index is -0.521. The van der Waals surface area contributed by atoms with E-state index in [1.165, 1.54) is 0 Å². The average Bonchev–Trinajstić information content (AvgIpc) is 3.22. The quantitative estimate of drug-likeness (QED) is 0.430. The van der Waals surface area contributed by atoms with Crippen LogP contribution in [0.2, 0.25) is 0 Å². The van der Waals surface area contributed by atoms with E-state index in [0.29, 0.717) is 49.8 Å². The molecule has 3 aromatic heterocycles. The Hall–Kier alpha value is -4.42. The number of nitrogens with one attached hydrogen (secondary N) is 1. The number of pyridine rings is 1. The lowest BCUT2D eigenvalue weighted by Crippen LogP contribution is -2.13. The number of nitriles is 1. The van der Waals surface area contributed by atoms with Crippen molar-refractivity contribution in [1.82, 2.24) is 25.0 Å². The summed E-state index contributed by atoms with van der Waals surface area (Å²) in [5, 5.41) is 22.6. The number of H-pyrrole nitrogens is 1. The second-order valence-corrected chi connectivity index (χ2v) is 8.20. The molecule has 0 radical (unpaired) electrons. The molecule has 168 valence electrons. The van der Waals surface area contributed by atoms with Crippen molar-refractivity contribution in [3.63, 3.8) is 0 Å².